The van der Waals surface area contributed by atoms with E-state index in [2.05, 4.69) is 9.97 Å². The second-order valence-electron chi connectivity index (χ2n) is 3.95. The van der Waals surface area contributed by atoms with Crippen LogP contribution in [0, 0.1) is 5.92 Å². The van der Waals surface area contributed by atoms with Gasteiger partial charge in [0.1, 0.15) is 6.10 Å². The first kappa shape index (κ1) is 9.59. The molecule has 0 radical (unpaired) electrons. The van der Waals surface area contributed by atoms with E-state index in [0.717, 1.165) is 12.8 Å². The van der Waals surface area contributed by atoms with Crippen LogP contribution in [0.2, 0.25) is 0 Å². The van der Waals surface area contributed by atoms with E-state index in [0.29, 0.717) is 11.7 Å². The predicted octanol–water partition coefficient (Wildman–Crippen LogP) is 2.09. The molecule has 1 unspecified atom stereocenters. The Bertz CT molecular complexity index is 270. The Morgan fingerprint density at radius 1 is 1.14 bits per heavy atom. The van der Waals surface area contributed by atoms with Crippen molar-refractivity contribution in [2.45, 2.75) is 38.2 Å². The topological polar surface area (TPSA) is 46.0 Å². The maximum Gasteiger partial charge on any atom is 0.157 e. The number of hydrogen-bond donors (Lipinski definition) is 1. The highest BCUT2D eigenvalue weighted by molar-refractivity contribution is 4.95. The molecule has 1 aliphatic carbocycles. The van der Waals surface area contributed by atoms with Crippen molar-refractivity contribution in [1.29, 1.82) is 0 Å². The summed E-state index contributed by atoms with van der Waals surface area (Å²) in [5.41, 5.74) is 0. The maximum absolute atomic E-state index is 10.0. The molecule has 0 spiro atoms. The van der Waals surface area contributed by atoms with Crippen LogP contribution in [-0.2, 0) is 0 Å². The minimum Gasteiger partial charge on any atom is -0.385 e. The van der Waals surface area contributed by atoms with Crippen molar-refractivity contribution in [2.24, 2.45) is 5.92 Å². The molecule has 1 saturated carbocycles. The quantitative estimate of drug-likeness (QED) is 0.780. The molecule has 1 aliphatic rings. The van der Waals surface area contributed by atoms with Gasteiger partial charge in [0.05, 0.1) is 0 Å². The van der Waals surface area contributed by atoms with Crippen molar-refractivity contribution >= 4 is 0 Å². The standard InChI is InChI=1S/C11H16N2O/c14-10(9-5-2-1-3-6-9)11-12-7-4-8-13-11/h4,7-10,14H,1-3,5-6H2. The van der Waals surface area contributed by atoms with Crippen molar-refractivity contribution in [1.82, 2.24) is 9.97 Å². The molecule has 0 aliphatic heterocycles. The molecule has 2 rings (SSSR count). The van der Waals surface area contributed by atoms with Gasteiger partial charge in [-0.25, -0.2) is 9.97 Å². The minimum absolute atomic E-state index is 0.367. The number of rotatable bonds is 2. The van der Waals surface area contributed by atoms with E-state index >= 15 is 0 Å². The van der Waals surface area contributed by atoms with Crippen molar-refractivity contribution in [3.05, 3.63) is 24.3 Å². The monoisotopic (exact) mass is 192 g/mol. The highest BCUT2D eigenvalue weighted by Gasteiger charge is 2.24. The third-order valence-electron chi connectivity index (χ3n) is 2.95. The summed E-state index contributed by atoms with van der Waals surface area (Å²) in [5.74, 6) is 0.950. The van der Waals surface area contributed by atoms with E-state index in [1.54, 1.807) is 18.5 Å². The molecule has 3 heteroatoms. The molecule has 14 heavy (non-hydrogen) atoms. The average molecular weight is 192 g/mol. The Hall–Kier alpha value is -0.960. The van der Waals surface area contributed by atoms with Crippen LogP contribution in [-0.4, -0.2) is 15.1 Å². The van der Waals surface area contributed by atoms with Gasteiger partial charge < -0.3 is 5.11 Å². The Balaban J connectivity index is 2.03. The smallest absolute Gasteiger partial charge is 0.157 e. The fraction of sp³-hybridized carbons (Fsp3) is 0.636. The van der Waals surface area contributed by atoms with Crippen LogP contribution in [0.3, 0.4) is 0 Å². The lowest BCUT2D eigenvalue weighted by Gasteiger charge is -2.25. The number of hydrogen-bond acceptors (Lipinski definition) is 3. The number of aliphatic hydroxyl groups excluding tert-OH is 1. The molecule has 1 atom stereocenters. The zero-order valence-corrected chi connectivity index (χ0v) is 8.26. The van der Waals surface area contributed by atoms with Crippen LogP contribution in [0.5, 0.6) is 0 Å². The van der Waals surface area contributed by atoms with E-state index in [4.69, 9.17) is 0 Å². The molecular weight excluding hydrogens is 176 g/mol. The van der Waals surface area contributed by atoms with Crippen LogP contribution < -0.4 is 0 Å². The molecule has 76 valence electrons. The third kappa shape index (κ3) is 2.10. The summed E-state index contributed by atoms with van der Waals surface area (Å²) in [5, 5.41) is 10.0. The molecule has 1 N–H and O–H groups in total. The van der Waals surface area contributed by atoms with Gasteiger partial charge in [-0.1, -0.05) is 19.3 Å². The van der Waals surface area contributed by atoms with Gasteiger partial charge in [-0.2, -0.15) is 0 Å². The SMILES string of the molecule is OC(c1ncccn1)C1CCCCC1. The molecule has 1 heterocycles. The van der Waals surface area contributed by atoms with Gasteiger partial charge in [0, 0.05) is 12.4 Å². The lowest BCUT2D eigenvalue weighted by molar-refractivity contribution is 0.0771. The summed E-state index contributed by atoms with van der Waals surface area (Å²) in [4.78, 5) is 8.19. The van der Waals surface area contributed by atoms with Crippen molar-refractivity contribution in [3.8, 4) is 0 Å². The van der Waals surface area contributed by atoms with Crippen molar-refractivity contribution in [2.75, 3.05) is 0 Å². The lowest BCUT2D eigenvalue weighted by Crippen LogP contribution is -2.17. The van der Waals surface area contributed by atoms with Gasteiger partial charge in [0.25, 0.3) is 0 Å². The fourth-order valence-electron chi connectivity index (χ4n) is 2.12. The molecule has 0 bridgehead atoms. The van der Waals surface area contributed by atoms with Crippen molar-refractivity contribution in [3.63, 3.8) is 0 Å². The van der Waals surface area contributed by atoms with Gasteiger partial charge in [0.15, 0.2) is 5.82 Å². The van der Waals surface area contributed by atoms with Crippen LogP contribution in [0.1, 0.15) is 44.0 Å². The summed E-state index contributed by atoms with van der Waals surface area (Å²) in [6.45, 7) is 0. The molecule has 1 fully saturated rings. The van der Waals surface area contributed by atoms with E-state index < -0.39 is 6.10 Å². The second kappa shape index (κ2) is 4.51. The second-order valence-corrected chi connectivity index (χ2v) is 3.95. The molecule has 0 saturated heterocycles. The lowest BCUT2D eigenvalue weighted by atomic mass is 9.85. The summed E-state index contributed by atoms with van der Waals surface area (Å²) in [7, 11) is 0. The number of aromatic nitrogens is 2. The largest absolute Gasteiger partial charge is 0.385 e. The maximum atomic E-state index is 10.0. The number of nitrogens with zero attached hydrogens (tertiary/aromatic N) is 2. The van der Waals surface area contributed by atoms with E-state index in [1.807, 2.05) is 0 Å². The van der Waals surface area contributed by atoms with Crippen LogP contribution in [0.4, 0.5) is 0 Å². The predicted molar refractivity (Wildman–Crippen MR) is 53.6 cm³/mol. The molecule has 0 amide bonds. The molecule has 1 aromatic heterocycles. The summed E-state index contributed by atoms with van der Waals surface area (Å²) in [6, 6.07) is 1.77. The summed E-state index contributed by atoms with van der Waals surface area (Å²) >= 11 is 0. The van der Waals surface area contributed by atoms with E-state index in [1.165, 1.54) is 19.3 Å². The fourth-order valence-corrected chi connectivity index (χ4v) is 2.12. The number of aliphatic hydroxyl groups is 1. The highest BCUT2D eigenvalue weighted by Crippen LogP contribution is 2.32. The third-order valence-corrected chi connectivity index (χ3v) is 2.95. The Kier molecular flexibility index (Phi) is 3.09. The Morgan fingerprint density at radius 3 is 2.43 bits per heavy atom. The van der Waals surface area contributed by atoms with E-state index in [-0.39, 0.29) is 0 Å². The van der Waals surface area contributed by atoms with Crippen LogP contribution in [0.15, 0.2) is 18.5 Å². The zero-order chi connectivity index (χ0) is 9.80. The van der Waals surface area contributed by atoms with Gasteiger partial charge in [-0.3, -0.25) is 0 Å². The van der Waals surface area contributed by atoms with Gasteiger partial charge in [0.2, 0.25) is 0 Å². The average Bonchev–Trinajstić information content (AvgIpc) is 2.30. The van der Waals surface area contributed by atoms with Crippen LogP contribution in [0.25, 0.3) is 0 Å². The highest BCUT2D eigenvalue weighted by atomic mass is 16.3. The van der Waals surface area contributed by atoms with Gasteiger partial charge in [-0.05, 0) is 24.8 Å². The summed E-state index contributed by atoms with van der Waals surface area (Å²) < 4.78 is 0. The first-order valence-electron chi connectivity index (χ1n) is 5.33. The molecule has 0 aromatic carbocycles. The first-order chi connectivity index (χ1) is 6.88. The molecular formula is C11H16N2O. The normalized spacial score (nSPS) is 20.6. The van der Waals surface area contributed by atoms with E-state index in [9.17, 15) is 5.11 Å². The van der Waals surface area contributed by atoms with Crippen LogP contribution >= 0.6 is 0 Å². The van der Waals surface area contributed by atoms with Gasteiger partial charge in [-0.15, -0.1) is 0 Å². The molecule has 1 aromatic rings. The first-order valence-corrected chi connectivity index (χ1v) is 5.33. The Morgan fingerprint density at radius 2 is 1.79 bits per heavy atom. The minimum atomic E-state index is -0.462. The Labute approximate surface area is 84.2 Å². The van der Waals surface area contributed by atoms with Gasteiger partial charge >= 0.3 is 0 Å². The summed E-state index contributed by atoms with van der Waals surface area (Å²) in [6.07, 6.45) is 8.90. The zero-order valence-electron chi connectivity index (χ0n) is 8.26. The molecule has 3 nitrogen and oxygen atoms in total. The van der Waals surface area contributed by atoms with Crippen molar-refractivity contribution < 1.29 is 5.11 Å².